The van der Waals surface area contributed by atoms with Crippen LogP contribution in [0, 0.1) is 0 Å². The lowest BCUT2D eigenvalue weighted by molar-refractivity contribution is -0.131. The molecule has 18 heavy (non-hydrogen) atoms. The van der Waals surface area contributed by atoms with Crippen molar-refractivity contribution in [1.29, 1.82) is 0 Å². The quantitative estimate of drug-likeness (QED) is 0.794. The fraction of sp³-hybridized carbons (Fsp3) is 0.800. The molecular weight excluding hydrogens is 249 g/mol. The summed E-state index contributed by atoms with van der Waals surface area (Å²) in [5.74, 6) is 0.359. The monoisotopic (exact) mass is 266 g/mol. The van der Waals surface area contributed by atoms with E-state index in [-0.39, 0.29) is 18.6 Å². The lowest BCUT2D eigenvalue weighted by Gasteiger charge is -2.07. The first-order valence-electron chi connectivity index (χ1n) is 5.79. The standard InChI is InChI=1S/C10H17F3N4O/c1-3-5-14-7(2)8-16-17-9(18-8)15-6-4-10(11,12)13/h7,14H,3-6H2,1-2H3,(H,15,17). The van der Waals surface area contributed by atoms with Crippen molar-refractivity contribution in [1.82, 2.24) is 15.5 Å². The highest BCUT2D eigenvalue weighted by atomic mass is 19.4. The summed E-state index contributed by atoms with van der Waals surface area (Å²) in [6.07, 6.45) is -4.16. The molecule has 0 saturated carbocycles. The minimum absolute atomic E-state index is 0.0133. The second kappa shape index (κ2) is 6.58. The number of hydrogen-bond donors (Lipinski definition) is 2. The van der Waals surface area contributed by atoms with Crippen LogP contribution < -0.4 is 10.6 Å². The molecule has 0 radical (unpaired) electrons. The van der Waals surface area contributed by atoms with Gasteiger partial charge in [-0.1, -0.05) is 12.0 Å². The summed E-state index contributed by atoms with van der Waals surface area (Å²) in [5, 5.41) is 13.0. The third-order valence-electron chi connectivity index (χ3n) is 2.20. The summed E-state index contributed by atoms with van der Waals surface area (Å²) >= 11 is 0. The highest BCUT2D eigenvalue weighted by Gasteiger charge is 2.26. The number of aromatic nitrogens is 2. The van der Waals surface area contributed by atoms with E-state index in [1.807, 2.05) is 13.8 Å². The molecule has 8 heteroatoms. The lowest BCUT2D eigenvalue weighted by atomic mass is 10.3. The molecule has 1 atom stereocenters. The first-order valence-corrected chi connectivity index (χ1v) is 5.79. The SMILES string of the molecule is CCCNC(C)c1nnc(NCCC(F)(F)F)o1. The van der Waals surface area contributed by atoms with Gasteiger partial charge < -0.3 is 15.1 Å². The lowest BCUT2D eigenvalue weighted by Crippen LogP contribution is -2.19. The Morgan fingerprint density at radius 2 is 2.00 bits per heavy atom. The molecule has 5 nitrogen and oxygen atoms in total. The van der Waals surface area contributed by atoms with Crippen molar-refractivity contribution in [3.05, 3.63) is 5.89 Å². The minimum atomic E-state index is -4.19. The predicted molar refractivity (Wildman–Crippen MR) is 60.2 cm³/mol. The van der Waals surface area contributed by atoms with Gasteiger partial charge in [-0.05, 0) is 19.9 Å². The van der Waals surface area contributed by atoms with Crippen LogP contribution in [0.1, 0.15) is 38.6 Å². The second-order valence-electron chi connectivity index (χ2n) is 3.91. The molecular formula is C10H17F3N4O. The van der Waals surface area contributed by atoms with E-state index in [1.165, 1.54) is 0 Å². The van der Waals surface area contributed by atoms with E-state index >= 15 is 0 Å². The van der Waals surface area contributed by atoms with E-state index in [2.05, 4.69) is 20.8 Å². The summed E-state index contributed by atoms with van der Waals surface area (Å²) in [7, 11) is 0. The zero-order chi connectivity index (χ0) is 13.6. The Bertz CT molecular complexity index is 353. The molecule has 0 bridgehead atoms. The van der Waals surface area contributed by atoms with Crippen LogP contribution in [0.5, 0.6) is 0 Å². The number of hydrogen-bond acceptors (Lipinski definition) is 5. The Kier molecular flexibility index (Phi) is 5.39. The maximum absolute atomic E-state index is 11.9. The van der Waals surface area contributed by atoms with Gasteiger partial charge in [-0.25, -0.2) is 0 Å². The van der Waals surface area contributed by atoms with Crippen molar-refractivity contribution >= 4 is 6.01 Å². The van der Waals surface area contributed by atoms with Crippen molar-refractivity contribution in [2.45, 2.75) is 38.9 Å². The van der Waals surface area contributed by atoms with Gasteiger partial charge in [0.15, 0.2) is 0 Å². The van der Waals surface area contributed by atoms with Crippen LogP contribution in [0.25, 0.3) is 0 Å². The maximum atomic E-state index is 11.9. The van der Waals surface area contributed by atoms with Crippen LogP contribution in [0.3, 0.4) is 0 Å². The third-order valence-corrected chi connectivity index (χ3v) is 2.20. The molecule has 0 amide bonds. The summed E-state index contributed by atoms with van der Waals surface area (Å²) in [6, 6.07) is -0.102. The largest absolute Gasteiger partial charge is 0.406 e. The number of rotatable bonds is 7. The second-order valence-corrected chi connectivity index (χ2v) is 3.91. The molecule has 0 aliphatic rings. The number of anilines is 1. The highest BCUT2D eigenvalue weighted by Crippen LogP contribution is 2.19. The molecule has 0 aliphatic carbocycles. The number of halogens is 3. The summed E-state index contributed by atoms with van der Waals surface area (Å²) in [6.45, 7) is 4.41. The van der Waals surface area contributed by atoms with E-state index in [1.54, 1.807) is 0 Å². The van der Waals surface area contributed by atoms with Gasteiger partial charge in [0.05, 0.1) is 12.5 Å². The van der Waals surface area contributed by atoms with E-state index in [0.29, 0.717) is 5.89 Å². The first-order chi connectivity index (χ1) is 8.42. The predicted octanol–water partition coefficient (Wildman–Crippen LogP) is 2.49. The van der Waals surface area contributed by atoms with Crippen LogP contribution in [-0.2, 0) is 0 Å². The fourth-order valence-corrected chi connectivity index (χ4v) is 1.24. The summed E-state index contributed by atoms with van der Waals surface area (Å²) in [5.41, 5.74) is 0. The van der Waals surface area contributed by atoms with Gasteiger partial charge in [-0.2, -0.15) is 13.2 Å². The van der Waals surface area contributed by atoms with Crippen molar-refractivity contribution in [3.63, 3.8) is 0 Å². The van der Waals surface area contributed by atoms with Crippen LogP contribution in [0.15, 0.2) is 4.42 Å². The fourth-order valence-electron chi connectivity index (χ4n) is 1.24. The van der Waals surface area contributed by atoms with E-state index in [4.69, 9.17) is 4.42 Å². The molecule has 0 aromatic carbocycles. The van der Waals surface area contributed by atoms with Gasteiger partial charge in [-0.15, -0.1) is 5.10 Å². The first kappa shape index (κ1) is 14.7. The molecule has 104 valence electrons. The average molecular weight is 266 g/mol. The number of alkyl halides is 3. The van der Waals surface area contributed by atoms with E-state index in [0.717, 1.165) is 13.0 Å². The number of nitrogens with zero attached hydrogens (tertiary/aromatic N) is 2. The van der Waals surface area contributed by atoms with Gasteiger partial charge in [-0.3, -0.25) is 0 Å². The van der Waals surface area contributed by atoms with Crippen molar-refractivity contribution in [2.24, 2.45) is 0 Å². The topological polar surface area (TPSA) is 63.0 Å². The van der Waals surface area contributed by atoms with Gasteiger partial charge in [0.2, 0.25) is 5.89 Å². The van der Waals surface area contributed by atoms with Gasteiger partial charge in [0, 0.05) is 6.54 Å². The van der Waals surface area contributed by atoms with Crippen molar-refractivity contribution < 1.29 is 17.6 Å². The minimum Gasteiger partial charge on any atom is -0.406 e. The van der Waals surface area contributed by atoms with Gasteiger partial charge in [0.25, 0.3) is 0 Å². The molecule has 1 heterocycles. The molecule has 0 aliphatic heterocycles. The van der Waals surface area contributed by atoms with Crippen LogP contribution >= 0.6 is 0 Å². The smallest absolute Gasteiger partial charge is 0.390 e. The Labute approximate surface area is 103 Å². The molecule has 0 fully saturated rings. The third kappa shape index (κ3) is 5.35. The van der Waals surface area contributed by atoms with Crippen molar-refractivity contribution in [3.8, 4) is 0 Å². The van der Waals surface area contributed by atoms with Crippen molar-refractivity contribution in [2.75, 3.05) is 18.4 Å². The van der Waals surface area contributed by atoms with Crippen LogP contribution in [0.4, 0.5) is 19.2 Å². The molecule has 0 spiro atoms. The molecule has 1 rings (SSSR count). The van der Waals surface area contributed by atoms with E-state index < -0.39 is 12.6 Å². The Morgan fingerprint density at radius 1 is 1.28 bits per heavy atom. The summed E-state index contributed by atoms with van der Waals surface area (Å²) < 4.78 is 40.9. The Balaban J connectivity index is 2.38. The van der Waals surface area contributed by atoms with Crippen LogP contribution in [-0.4, -0.2) is 29.5 Å². The average Bonchev–Trinajstić information content (AvgIpc) is 2.73. The molecule has 1 aromatic rings. The Hall–Kier alpha value is -1.31. The zero-order valence-electron chi connectivity index (χ0n) is 10.3. The maximum Gasteiger partial charge on any atom is 0.390 e. The Morgan fingerprint density at radius 3 is 2.61 bits per heavy atom. The molecule has 1 aromatic heterocycles. The molecule has 0 saturated heterocycles. The van der Waals surface area contributed by atoms with E-state index in [9.17, 15) is 13.2 Å². The highest BCUT2D eigenvalue weighted by molar-refractivity contribution is 5.17. The number of nitrogens with one attached hydrogen (secondary N) is 2. The molecule has 1 unspecified atom stereocenters. The van der Waals surface area contributed by atoms with Gasteiger partial charge in [0.1, 0.15) is 0 Å². The molecule has 2 N–H and O–H groups in total. The van der Waals surface area contributed by atoms with Crippen LogP contribution in [0.2, 0.25) is 0 Å². The van der Waals surface area contributed by atoms with Gasteiger partial charge >= 0.3 is 12.2 Å². The normalized spacial score (nSPS) is 13.6. The summed E-state index contributed by atoms with van der Waals surface area (Å²) in [4.78, 5) is 0. The zero-order valence-corrected chi connectivity index (χ0v) is 10.3.